The van der Waals surface area contributed by atoms with Crippen LogP contribution in [0.15, 0.2) is 11.3 Å². The molecule has 1 aliphatic heterocycles. The summed E-state index contributed by atoms with van der Waals surface area (Å²) in [6, 6.07) is 0. The number of aliphatic hydroxyl groups is 1. The van der Waals surface area contributed by atoms with Crippen LogP contribution in [0.5, 0.6) is 0 Å². The van der Waals surface area contributed by atoms with Gasteiger partial charge in [-0.25, -0.2) is 0 Å². The van der Waals surface area contributed by atoms with Gasteiger partial charge in [0.15, 0.2) is 0 Å². The first kappa shape index (κ1) is 11.6. The SMILES string of the molecule is CCC1CCC2=C(CC[C@@]3(C)C(O)CC[C@@H]23)O1. The Kier molecular flexibility index (Phi) is 2.73. The average molecular weight is 236 g/mol. The lowest BCUT2D eigenvalue weighted by Gasteiger charge is -2.43. The number of allylic oxidation sites excluding steroid dienone is 2. The van der Waals surface area contributed by atoms with Gasteiger partial charge >= 0.3 is 0 Å². The van der Waals surface area contributed by atoms with Gasteiger partial charge in [-0.2, -0.15) is 0 Å². The molecule has 96 valence electrons. The van der Waals surface area contributed by atoms with Gasteiger partial charge in [-0.15, -0.1) is 0 Å². The van der Waals surface area contributed by atoms with Crippen LogP contribution in [0.25, 0.3) is 0 Å². The maximum atomic E-state index is 10.2. The molecular weight excluding hydrogens is 212 g/mol. The Bertz CT molecular complexity index is 347. The minimum absolute atomic E-state index is 0.0922. The van der Waals surface area contributed by atoms with Gasteiger partial charge in [0.2, 0.25) is 0 Å². The summed E-state index contributed by atoms with van der Waals surface area (Å²) in [5, 5.41) is 10.2. The van der Waals surface area contributed by atoms with Crippen molar-refractivity contribution in [1.29, 1.82) is 0 Å². The van der Waals surface area contributed by atoms with Gasteiger partial charge in [-0.1, -0.05) is 13.8 Å². The fraction of sp³-hybridized carbons (Fsp3) is 0.867. The first-order valence-electron chi connectivity index (χ1n) is 7.21. The zero-order valence-corrected chi connectivity index (χ0v) is 11.0. The summed E-state index contributed by atoms with van der Waals surface area (Å²) in [6.07, 6.45) is 8.17. The molecule has 4 atom stereocenters. The van der Waals surface area contributed by atoms with Crippen molar-refractivity contribution in [1.82, 2.24) is 0 Å². The van der Waals surface area contributed by atoms with Crippen LogP contribution in [0.3, 0.4) is 0 Å². The highest BCUT2D eigenvalue weighted by molar-refractivity contribution is 5.25. The maximum Gasteiger partial charge on any atom is 0.0983 e. The van der Waals surface area contributed by atoms with E-state index in [-0.39, 0.29) is 11.5 Å². The lowest BCUT2D eigenvalue weighted by atomic mass is 9.66. The van der Waals surface area contributed by atoms with Crippen molar-refractivity contribution in [3.63, 3.8) is 0 Å². The van der Waals surface area contributed by atoms with E-state index in [0.717, 1.165) is 32.1 Å². The molecule has 1 N–H and O–H groups in total. The molecule has 0 amide bonds. The Morgan fingerprint density at radius 1 is 1.29 bits per heavy atom. The van der Waals surface area contributed by atoms with E-state index in [2.05, 4.69) is 13.8 Å². The molecule has 0 spiro atoms. The van der Waals surface area contributed by atoms with Crippen LogP contribution in [-0.2, 0) is 4.74 Å². The van der Waals surface area contributed by atoms with E-state index in [1.165, 1.54) is 18.6 Å². The molecule has 17 heavy (non-hydrogen) atoms. The molecule has 2 aliphatic carbocycles. The lowest BCUT2D eigenvalue weighted by Crippen LogP contribution is -2.38. The van der Waals surface area contributed by atoms with E-state index < -0.39 is 0 Å². The standard InChI is InChI=1S/C15H24O2/c1-3-10-4-5-11-12-6-7-14(16)15(12,2)9-8-13(11)17-10/h10,12,14,16H,3-9H2,1-2H3/t10?,12-,14?,15+/m0/s1. The number of hydrogen-bond donors (Lipinski definition) is 1. The molecule has 0 aromatic carbocycles. The summed E-state index contributed by atoms with van der Waals surface area (Å²) in [6.45, 7) is 4.49. The van der Waals surface area contributed by atoms with Crippen LogP contribution < -0.4 is 0 Å². The van der Waals surface area contributed by atoms with Crippen LogP contribution in [0.4, 0.5) is 0 Å². The Hall–Kier alpha value is -0.500. The third-order valence-corrected chi connectivity index (χ3v) is 5.46. The minimum atomic E-state index is -0.0922. The summed E-state index contributed by atoms with van der Waals surface area (Å²) >= 11 is 0. The van der Waals surface area contributed by atoms with Gasteiger partial charge in [0.25, 0.3) is 0 Å². The summed E-state index contributed by atoms with van der Waals surface area (Å²) in [4.78, 5) is 0. The molecule has 3 rings (SSSR count). The van der Waals surface area contributed by atoms with E-state index in [4.69, 9.17) is 4.74 Å². The Labute approximate surface area is 104 Å². The quantitative estimate of drug-likeness (QED) is 0.756. The van der Waals surface area contributed by atoms with Crippen LogP contribution in [-0.4, -0.2) is 17.3 Å². The largest absolute Gasteiger partial charge is 0.495 e. The highest BCUT2D eigenvalue weighted by atomic mass is 16.5. The van der Waals surface area contributed by atoms with Gasteiger partial charge in [0.1, 0.15) is 0 Å². The second-order valence-electron chi connectivity index (χ2n) is 6.29. The van der Waals surface area contributed by atoms with E-state index in [1.807, 2.05) is 0 Å². The first-order chi connectivity index (χ1) is 8.15. The number of aliphatic hydroxyl groups excluding tert-OH is 1. The van der Waals surface area contributed by atoms with Crippen molar-refractivity contribution < 1.29 is 9.84 Å². The predicted molar refractivity (Wildman–Crippen MR) is 67.5 cm³/mol. The summed E-state index contributed by atoms with van der Waals surface area (Å²) in [5.74, 6) is 1.89. The minimum Gasteiger partial charge on any atom is -0.495 e. The van der Waals surface area contributed by atoms with Gasteiger partial charge in [0, 0.05) is 11.8 Å². The normalized spacial score (nSPS) is 45.2. The molecule has 0 saturated heterocycles. The smallest absolute Gasteiger partial charge is 0.0983 e. The summed E-state index contributed by atoms with van der Waals surface area (Å²) in [5.41, 5.74) is 1.70. The maximum absolute atomic E-state index is 10.2. The Morgan fingerprint density at radius 3 is 2.88 bits per heavy atom. The molecule has 1 saturated carbocycles. The Morgan fingerprint density at radius 2 is 2.12 bits per heavy atom. The topological polar surface area (TPSA) is 29.5 Å². The van der Waals surface area contributed by atoms with Crippen molar-refractivity contribution in [3.05, 3.63) is 11.3 Å². The molecule has 2 nitrogen and oxygen atoms in total. The molecule has 2 unspecified atom stereocenters. The van der Waals surface area contributed by atoms with Crippen LogP contribution in [0.1, 0.15) is 58.8 Å². The molecule has 2 heteroatoms. The molecule has 0 bridgehead atoms. The third kappa shape index (κ3) is 1.64. The van der Waals surface area contributed by atoms with Crippen molar-refractivity contribution in [2.75, 3.05) is 0 Å². The van der Waals surface area contributed by atoms with E-state index in [9.17, 15) is 5.11 Å². The first-order valence-corrected chi connectivity index (χ1v) is 7.21. The zero-order chi connectivity index (χ0) is 12.0. The van der Waals surface area contributed by atoms with Gasteiger partial charge < -0.3 is 9.84 Å². The molecule has 1 heterocycles. The lowest BCUT2D eigenvalue weighted by molar-refractivity contribution is 0.00574. The van der Waals surface area contributed by atoms with Gasteiger partial charge in [0.05, 0.1) is 18.0 Å². The molecule has 0 aromatic heterocycles. The summed E-state index contributed by atoms with van der Waals surface area (Å²) in [7, 11) is 0. The van der Waals surface area contributed by atoms with Crippen LogP contribution >= 0.6 is 0 Å². The Balaban J connectivity index is 1.88. The molecular formula is C15H24O2. The third-order valence-electron chi connectivity index (χ3n) is 5.46. The molecule has 0 radical (unpaired) electrons. The monoisotopic (exact) mass is 236 g/mol. The second kappa shape index (κ2) is 4.01. The van der Waals surface area contributed by atoms with E-state index in [1.54, 1.807) is 5.57 Å². The summed E-state index contributed by atoms with van der Waals surface area (Å²) < 4.78 is 6.13. The fourth-order valence-electron chi connectivity index (χ4n) is 4.18. The van der Waals surface area contributed by atoms with Crippen molar-refractivity contribution in [2.45, 2.75) is 71.0 Å². The van der Waals surface area contributed by atoms with Crippen LogP contribution in [0.2, 0.25) is 0 Å². The van der Waals surface area contributed by atoms with Crippen molar-refractivity contribution in [3.8, 4) is 0 Å². The average Bonchev–Trinajstić information content (AvgIpc) is 2.65. The van der Waals surface area contributed by atoms with Crippen LogP contribution in [0, 0.1) is 11.3 Å². The van der Waals surface area contributed by atoms with Gasteiger partial charge in [-0.3, -0.25) is 0 Å². The van der Waals surface area contributed by atoms with Gasteiger partial charge in [-0.05, 0) is 50.0 Å². The van der Waals surface area contributed by atoms with E-state index >= 15 is 0 Å². The number of fused-ring (bicyclic) bond motifs is 2. The second-order valence-corrected chi connectivity index (χ2v) is 6.29. The molecule has 3 aliphatic rings. The number of ether oxygens (including phenoxy) is 1. The fourth-order valence-corrected chi connectivity index (χ4v) is 4.18. The highest BCUT2D eigenvalue weighted by Gasteiger charge is 2.50. The van der Waals surface area contributed by atoms with Crippen molar-refractivity contribution >= 4 is 0 Å². The molecule has 0 aromatic rings. The molecule has 1 fully saturated rings. The zero-order valence-electron chi connectivity index (χ0n) is 11.0. The number of rotatable bonds is 1. The number of hydrogen-bond acceptors (Lipinski definition) is 2. The predicted octanol–water partition coefficient (Wildman–Crippen LogP) is 3.40. The van der Waals surface area contributed by atoms with Crippen molar-refractivity contribution in [2.24, 2.45) is 11.3 Å². The van der Waals surface area contributed by atoms with E-state index in [0.29, 0.717) is 12.0 Å². The highest BCUT2D eigenvalue weighted by Crippen LogP contribution is 2.56.